The maximum Gasteiger partial charge on any atom is 0.249 e. The van der Waals surface area contributed by atoms with E-state index in [2.05, 4.69) is 47.4 Å². The van der Waals surface area contributed by atoms with E-state index >= 15 is 0 Å². The summed E-state index contributed by atoms with van der Waals surface area (Å²) in [4.78, 5) is 31.6. The average molecular weight is 720 g/mol. The number of nitrogen functional groups attached to an aromatic ring is 1. The fourth-order valence-electron chi connectivity index (χ4n) is 9.61. The van der Waals surface area contributed by atoms with E-state index in [9.17, 15) is 19.8 Å². The largest absolute Gasteiger partial charge is 0.507 e. The second-order valence-corrected chi connectivity index (χ2v) is 15.1. The number of ether oxygens (including phenoxy) is 1. The molecule has 53 heavy (non-hydrogen) atoms. The van der Waals surface area contributed by atoms with E-state index in [1.165, 1.54) is 5.56 Å². The van der Waals surface area contributed by atoms with E-state index < -0.39 is 0 Å². The summed E-state index contributed by atoms with van der Waals surface area (Å²) in [6.07, 6.45) is 10.2. The van der Waals surface area contributed by atoms with Gasteiger partial charge in [-0.3, -0.25) is 19.8 Å². The number of piperidine rings is 1. The van der Waals surface area contributed by atoms with Gasteiger partial charge in [0.15, 0.2) is 5.82 Å². The minimum Gasteiger partial charge on any atom is -0.507 e. The fourth-order valence-corrected chi connectivity index (χ4v) is 9.61. The van der Waals surface area contributed by atoms with Crippen molar-refractivity contribution in [1.29, 1.82) is 0 Å². The number of aromatic hydroxyl groups is 1. The Morgan fingerprint density at radius 3 is 2.64 bits per heavy atom. The minimum atomic E-state index is -0.356. The Kier molecular flexibility index (Phi) is 8.65. The highest BCUT2D eigenvalue weighted by atomic mass is 16.5. The van der Waals surface area contributed by atoms with E-state index in [-0.39, 0.29) is 42.1 Å². The maximum absolute atomic E-state index is 12.7. The lowest BCUT2D eigenvalue weighted by molar-refractivity contribution is -0.134. The first-order valence-electron chi connectivity index (χ1n) is 18.8. The third-order valence-corrected chi connectivity index (χ3v) is 12.2. The highest BCUT2D eigenvalue weighted by Gasteiger charge is 2.50. The number of nitrogens with zero attached hydrogens (tertiary/aromatic N) is 7. The van der Waals surface area contributed by atoms with Gasteiger partial charge in [0, 0.05) is 37.2 Å². The van der Waals surface area contributed by atoms with Crippen LogP contribution >= 0.6 is 0 Å². The fraction of sp³-hybridized carbons (Fsp3) is 0.462. The first kappa shape index (κ1) is 33.6. The second kappa shape index (κ2) is 13.6. The van der Waals surface area contributed by atoms with Crippen molar-refractivity contribution in [3.63, 3.8) is 0 Å². The van der Waals surface area contributed by atoms with Crippen molar-refractivity contribution < 1.29 is 24.5 Å². The number of carbonyl (C=O) groups is 2. The average Bonchev–Trinajstić information content (AvgIpc) is 3.66. The first-order chi connectivity index (χ1) is 25.9. The SMILES string of the molecule is Nc1nnc(-c2ccccc2O)cc1-n1cc(N2C[C@H](CO)N3[C@@H](C[C@@H]3[C@H]3CC[C@@H](c4cccc5c4OCCN5[C@@H]4CCC(=O)NC4=O)CC3)C2)cn1. The molecular weight excluding hydrogens is 674 g/mol. The molecule has 0 bridgehead atoms. The number of fused-ring (bicyclic) bond motifs is 2. The Bertz CT molecular complexity index is 2030. The van der Waals surface area contributed by atoms with Crippen molar-refractivity contribution in [2.75, 3.05) is 48.4 Å². The van der Waals surface area contributed by atoms with E-state index in [1.807, 2.05) is 24.5 Å². The number of aliphatic hydroxyl groups excluding tert-OH is 1. The third kappa shape index (κ3) is 6.03. The number of para-hydroxylation sites is 2. The number of rotatable bonds is 7. The summed E-state index contributed by atoms with van der Waals surface area (Å²) in [5.74, 6) is 1.80. The summed E-state index contributed by atoms with van der Waals surface area (Å²) in [5, 5.41) is 36.4. The molecule has 2 aromatic heterocycles. The van der Waals surface area contributed by atoms with E-state index in [4.69, 9.17) is 10.5 Å². The molecule has 3 saturated heterocycles. The van der Waals surface area contributed by atoms with Gasteiger partial charge in [0.05, 0.1) is 48.7 Å². The van der Waals surface area contributed by atoms with Crippen LogP contribution in [0.5, 0.6) is 11.5 Å². The number of hydrogen-bond donors (Lipinski definition) is 4. The van der Waals surface area contributed by atoms with Gasteiger partial charge in [0.2, 0.25) is 11.8 Å². The van der Waals surface area contributed by atoms with E-state index in [0.717, 1.165) is 55.8 Å². The molecule has 0 unspecified atom stereocenters. The monoisotopic (exact) mass is 719 g/mol. The number of phenolic OH excluding ortho intramolecular Hbond substituents is 1. The van der Waals surface area contributed by atoms with Crippen molar-refractivity contribution in [3.05, 3.63) is 66.5 Å². The molecule has 0 radical (unpaired) electrons. The highest BCUT2D eigenvalue weighted by molar-refractivity contribution is 6.02. The van der Waals surface area contributed by atoms with Crippen LogP contribution in [0.25, 0.3) is 16.9 Å². The van der Waals surface area contributed by atoms with E-state index in [1.54, 1.807) is 28.9 Å². The molecule has 5 aliphatic rings. The smallest absolute Gasteiger partial charge is 0.249 e. The van der Waals surface area contributed by atoms with Gasteiger partial charge in [-0.2, -0.15) is 5.10 Å². The van der Waals surface area contributed by atoms with Crippen LogP contribution in [-0.2, 0) is 9.59 Å². The summed E-state index contributed by atoms with van der Waals surface area (Å²) in [6.45, 7) is 2.80. The predicted molar refractivity (Wildman–Crippen MR) is 198 cm³/mol. The molecule has 4 aromatic rings. The Morgan fingerprint density at radius 2 is 1.83 bits per heavy atom. The van der Waals surface area contributed by atoms with Gasteiger partial charge in [0.1, 0.15) is 29.8 Å². The Morgan fingerprint density at radius 1 is 0.981 bits per heavy atom. The number of carbonyl (C=O) groups excluding carboxylic acids is 2. The number of amides is 2. The number of aromatic nitrogens is 4. The lowest BCUT2D eigenvalue weighted by Gasteiger charge is -2.60. The normalized spacial score (nSPS) is 27.3. The molecule has 2 aromatic carbocycles. The van der Waals surface area contributed by atoms with Gasteiger partial charge in [-0.15, -0.1) is 10.2 Å². The zero-order valence-corrected chi connectivity index (χ0v) is 29.5. The quantitative estimate of drug-likeness (QED) is 0.206. The van der Waals surface area contributed by atoms with Crippen molar-refractivity contribution >= 4 is 29.0 Å². The second-order valence-electron chi connectivity index (χ2n) is 15.1. The van der Waals surface area contributed by atoms with Crippen LogP contribution in [0.3, 0.4) is 0 Å². The number of aliphatic hydroxyl groups is 1. The maximum atomic E-state index is 12.7. The molecule has 2 amide bonds. The first-order valence-corrected chi connectivity index (χ1v) is 18.8. The molecular formula is C39H45N9O5. The number of benzene rings is 2. The summed E-state index contributed by atoms with van der Waals surface area (Å²) in [5.41, 5.74) is 11.0. The van der Waals surface area contributed by atoms with Crippen LogP contribution in [0.4, 0.5) is 17.2 Å². The van der Waals surface area contributed by atoms with Crippen molar-refractivity contribution in [3.8, 4) is 28.4 Å². The standard InChI is InChI=1S/C39H45N9O5/c40-38-34(17-30(43-44-38)29-4-1-2-7-35(29)50)47-21-26(18-41-47)45-19-25-16-33(48(25)27(20-45)22-49)24-10-8-23(9-11-24)28-5-3-6-31-37(28)53-15-14-46(31)32-12-13-36(51)42-39(32)52/h1-7,17-18,21,23-25,27,32-33,49-50H,8-16,19-20,22H2,(H2,40,44)(H,42,51,52)/t23-,24+,25-,27+,32+,33+/m0/s1. The molecule has 5 N–H and O–H groups in total. The number of imide groups is 1. The van der Waals surface area contributed by atoms with Gasteiger partial charge < -0.3 is 30.5 Å². The van der Waals surface area contributed by atoms with Crippen LogP contribution < -0.4 is 25.6 Å². The summed E-state index contributed by atoms with van der Waals surface area (Å²) in [6, 6.07) is 15.6. The van der Waals surface area contributed by atoms with Crippen molar-refractivity contribution in [2.24, 2.45) is 5.92 Å². The lowest BCUT2D eigenvalue weighted by Crippen LogP contribution is -2.72. The molecule has 4 atom stereocenters. The third-order valence-electron chi connectivity index (χ3n) is 12.2. The molecule has 276 valence electrons. The molecule has 0 spiro atoms. The molecule has 14 nitrogen and oxygen atoms in total. The van der Waals surface area contributed by atoms with Crippen LogP contribution in [-0.4, -0.2) is 104 Å². The molecule has 4 aliphatic heterocycles. The summed E-state index contributed by atoms with van der Waals surface area (Å²) in [7, 11) is 0. The molecule has 6 heterocycles. The molecule has 1 aliphatic carbocycles. The predicted octanol–water partition coefficient (Wildman–Crippen LogP) is 3.22. The Hall–Kier alpha value is -5.21. The Labute approximate surface area is 307 Å². The topological polar surface area (TPSA) is 175 Å². The van der Waals surface area contributed by atoms with Crippen LogP contribution in [0, 0.1) is 5.92 Å². The van der Waals surface area contributed by atoms with Crippen molar-refractivity contribution in [1.82, 2.24) is 30.2 Å². The van der Waals surface area contributed by atoms with Gasteiger partial charge in [-0.1, -0.05) is 24.3 Å². The molecule has 1 saturated carbocycles. The van der Waals surface area contributed by atoms with Gasteiger partial charge in [-0.05, 0) is 80.2 Å². The Balaban J connectivity index is 0.848. The minimum absolute atomic E-state index is 0.0294. The van der Waals surface area contributed by atoms with Crippen LogP contribution in [0.15, 0.2) is 60.9 Å². The zero-order chi connectivity index (χ0) is 36.2. The summed E-state index contributed by atoms with van der Waals surface area (Å²) < 4.78 is 7.99. The number of nitrogens with one attached hydrogen (secondary N) is 1. The number of nitrogens with two attached hydrogens (primary N) is 1. The number of piperazine rings is 1. The molecule has 14 heteroatoms. The molecule has 9 rings (SSSR count). The summed E-state index contributed by atoms with van der Waals surface area (Å²) >= 11 is 0. The van der Waals surface area contributed by atoms with Crippen LogP contribution in [0.2, 0.25) is 0 Å². The molecule has 4 fully saturated rings. The zero-order valence-electron chi connectivity index (χ0n) is 29.5. The number of phenols is 1. The highest BCUT2D eigenvalue weighted by Crippen LogP contribution is 2.49. The van der Waals surface area contributed by atoms with Gasteiger partial charge >= 0.3 is 0 Å². The van der Waals surface area contributed by atoms with Crippen LogP contribution in [0.1, 0.15) is 56.4 Å². The van der Waals surface area contributed by atoms with E-state index in [0.29, 0.717) is 73.4 Å². The van der Waals surface area contributed by atoms with Crippen molar-refractivity contribution in [2.45, 2.75) is 75.0 Å². The van der Waals surface area contributed by atoms with Gasteiger partial charge in [0.25, 0.3) is 0 Å². The van der Waals surface area contributed by atoms with Gasteiger partial charge in [-0.25, -0.2) is 4.68 Å². The number of hydrogen-bond acceptors (Lipinski definition) is 12. The number of anilines is 3. The lowest BCUT2D eigenvalue weighted by atomic mass is 9.70.